The van der Waals surface area contributed by atoms with E-state index in [0.717, 1.165) is 16.8 Å². The van der Waals surface area contributed by atoms with Crippen molar-refractivity contribution in [2.75, 3.05) is 12.1 Å². The molecule has 0 amide bonds. The van der Waals surface area contributed by atoms with Gasteiger partial charge in [-0.05, 0) is 36.2 Å². The Morgan fingerprint density at radius 2 is 1.91 bits per heavy atom. The maximum absolute atomic E-state index is 11.1. The van der Waals surface area contributed by atoms with Crippen molar-refractivity contribution in [2.24, 2.45) is 0 Å². The number of ether oxygens (including phenoxy) is 2. The van der Waals surface area contributed by atoms with Gasteiger partial charge in [-0.15, -0.1) is 5.10 Å². The average Bonchev–Trinajstić information content (AvgIpc) is 3.50. The van der Waals surface area contributed by atoms with Gasteiger partial charge in [-0.1, -0.05) is 42.5 Å². The van der Waals surface area contributed by atoms with Gasteiger partial charge in [-0.2, -0.15) is 0 Å². The average molecular weight is 428 g/mol. The standard InChI is InChI=1S/C24H20N4O4/c29-24(30)18-8-6-17(7-9-18)20-13-25-23-11-10-22(27-28(20)23)26-19(21-14-31-15-32-21)12-16-4-2-1-3-5-16/h1-11,13-14,19H,12,15H2,(H,26,27)(H,29,30). The first-order valence-corrected chi connectivity index (χ1v) is 10.1. The Bertz CT molecular complexity index is 1280. The molecule has 1 aliphatic heterocycles. The molecule has 160 valence electrons. The summed E-state index contributed by atoms with van der Waals surface area (Å²) >= 11 is 0. The third-order valence-electron chi connectivity index (χ3n) is 5.23. The Labute approximate surface area is 183 Å². The van der Waals surface area contributed by atoms with Gasteiger partial charge in [-0.3, -0.25) is 0 Å². The molecule has 0 saturated heterocycles. The van der Waals surface area contributed by atoms with Crippen LogP contribution in [0.2, 0.25) is 0 Å². The van der Waals surface area contributed by atoms with Crippen LogP contribution in [0.1, 0.15) is 15.9 Å². The van der Waals surface area contributed by atoms with E-state index >= 15 is 0 Å². The minimum atomic E-state index is -0.962. The lowest BCUT2D eigenvalue weighted by atomic mass is 10.0. The highest BCUT2D eigenvalue weighted by Gasteiger charge is 2.21. The van der Waals surface area contributed by atoms with Gasteiger partial charge >= 0.3 is 5.97 Å². The number of aromatic nitrogens is 3. The summed E-state index contributed by atoms with van der Waals surface area (Å²) in [6, 6.07) is 20.4. The van der Waals surface area contributed by atoms with E-state index in [1.807, 2.05) is 30.3 Å². The summed E-state index contributed by atoms with van der Waals surface area (Å²) in [5, 5.41) is 17.3. The molecule has 0 radical (unpaired) electrons. The van der Waals surface area contributed by atoms with Crippen molar-refractivity contribution in [2.45, 2.75) is 12.5 Å². The van der Waals surface area contributed by atoms with Gasteiger partial charge in [0.2, 0.25) is 6.79 Å². The van der Waals surface area contributed by atoms with Crippen molar-refractivity contribution >= 4 is 17.4 Å². The number of benzene rings is 2. The van der Waals surface area contributed by atoms with Crippen LogP contribution in [0.4, 0.5) is 5.82 Å². The van der Waals surface area contributed by atoms with Crippen LogP contribution in [0.3, 0.4) is 0 Å². The maximum Gasteiger partial charge on any atom is 0.335 e. The molecule has 0 fully saturated rings. The van der Waals surface area contributed by atoms with E-state index in [0.29, 0.717) is 23.6 Å². The third-order valence-corrected chi connectivity index (χ3v) is 5.23. The quantitative estimate of drug-likeness (QED) is 0.460. The fourth-order valence-corrected chi connectivity index (χ4v) is 3.62. The first-order valence-electron chi connectivity index (χ1n) is 10.1. The number of carbonyl (C=O) groups is 1. The van der Waals surface area contributed by atoms with Crippen molar-refractivity contribution in [3.8, 4) is 11.3 Å². The van der Waals surface area contributed by atoms with E-state index in [2.05, 4.69) is 22.4 Å². The maximum atomic E-state index is 11.1. The van der Waals surface area contributed by atoms with Gasteiger partial charge in [0.1, 0.15) is 12.1 Å². The molecule has 5 rings (SSSR count). The Balaban J connectivity index is 1.45. The molecule has 0 aliphatic carbocycles. The molecule has 2 aromatic heterocycles. The molecule has 32 heavy (non-hydrogen) atoms. The molecule has 4 aromatic rings. The number of nitrogens with zero attached hydrogens (tertiary/aromatic N) is 3. The van der Waals surface area contributed by atoms with Crippen molar-refractivity contribution in [3.05, 3.63) is 96.1 Å². The van der Waals surface area contributed by atoms with Gasteiger partial charge in [-0.25, -0.2) is 14.3 Å². The Kier molecular flexibility index (Phi) is 5.17. The molecule has 8 nitrogen and oxygen atoms in total. The third kappa shape index (κ3) is 3.98. The van der Waals surface area contributed by atoms with Crippen LogP contribution in [0, 0.1) is 0 Å². The van der Waals surface area contributed by atoms with Gasteiger partial charge in [0, 0.05) is 5.56 Å². The Hall–Kier alpha value is -4.33. The number of rotatable bonds is 7. The van der Waals surface area contributed by atoms with Crippen LogP contribution in [-0.4, -0.2) is 38.5 Å². The lowest BCUT2D eigenvalue weighted by molar-refractivity contribution is 0.0696. The van der Waals surface area contributed by atoms with Gasteiger partial charge < -0.3 is 19.9 Å². The Morgan fingerprint density at radius 1 is 1.09 bits per heavy atom. The van der Waals surface area contributed by atoms with E-state index in [4.69, 9.17) is 19.7 Å². The molecule has 8 heteroatoms. The number of aromatic carboxylic acids is 1. The van der Waals surface area contributed by atoms with E-state index in [9.17, 15) is 4.79 Å². The number of anilines is 1. The van der Waals surface area contributed by atoms with E-state index in [1.165, 1.54) is 0 Å². The molecule has 0 bridgehead atoms. The number of hydrogen-bond donors (Lipinski definition) is 2. The van der Waals surface area contributed by atoms with E-state index in [-0.39, 0.29) is 18.4 Å². The van der Waals surface area contributed by atoms with Crippen molar-refractivity contribution < 1.29 is 19.4 Å². The minimum Gasteiger partial charge on any atom is -0.478 e. The topological polar surface area (TPSA) is 98.0 Å². The highest BCUT2D eigenvalue weighted by molar-refractivity contribution is 5.88. The van der Waals surface area contributed by atoms with Crippen LogP contribution < -0.4 is 5.32 Å². The first-order chi connectivity index (χ1) is 15.7. The van der Waals surface area contributed by atoms with Crippen LogP contribution in [0.25, 0.3) is 16.9 Å². The SMILES string of the molecule is O=C(O)c1ccc(-c2cnc3ccc(NC(Cc4ccccc4)C4=COCO4)nn23)cc1. The van der Waals surface area contributed by atoms with E-state index in [1.54, 1.807) is 41.2 Å². The molecule has 2 N–H and O–H groups in total. The highest BCUT2D eigenvalue weighted by atomic mass is 16.7. The second-order valence-electron chi connectivity index (χ2n) is 7.35. The first kappa shape index (κ1) is 19.6. The molecule has 1 unspecified atom stereocenters. The molecular weight excluding hydrogens is 408 g/mol. The zero-order valence-corrected chi connectivity index (χ0v) is 17.0. The molecule has 2 aromatic carbocycles. The van der Waals surface area contributed by atoms with Crippen LogP contribution >= 0.6 is 0 Å². The number of carboxylic acid groups (broad SMARTS) is 1. The van der Waals surface area contributed by atoms with Gasteiger partial charge in [0.25, 0.3) is 0 Å². The second-order valence-corrected chi connectivity index (χ2v) is 7.35. The number of hydrogen-bond acceptors (Lipinski definition) is 6. The van der Waals surface area contributed by atoms with E-state index < -0.39 is 5.97 Å². The summed E-state index contributed by atoms with van der Waals surface area (Å²) < 4.78 is 12.6. The largest absolute Gasteiger partial charge is 0.478 e. The molecule has 3 heterocycles. The summed E-state index contributed by atoms with van der Waals surface area (Å²) in [7, 11) is 0. The Morgan fingerprint density at radius 3 is 2.62 bits per heavy atom. The summed E-state index contributed by atoms with van der Waals surface area (Å²) in [6.07, 6.45) is 4.05. The normalized spacial score (nSPS) is 13.8. The fourth-order valence-electron chi connectivity index (χ4n) is 3.62. The van der Waals surface area contributed by atoms with Crippen LogP contribution in [-0.2, 0) is 15.9 Å². The predicted molar refractivity (Wildman–Crippen MR) is 118 cm³/mol. The van der Waals surface area contributed by atoms with Crippen LogP contribution in [0.15, 0.2) is 84.9 Å². The number of imidazole rings is 1. The molecule has 0 spiro atoms. The molecule has 1 aliphatic rings. The summed E-state index contributed by atoms with van der Waals surface area (Å²) in [4.78, 5) is 15.6. The smallest absolute Gasteiger partial charge is 0.335 e. The predicted octanol–water partition coefficient (Wildman–Crippen LogP) is 3.96. The monoisotopic (exact) mass is 428 g/mol. The van der Waals surface area contributed by atoms with Crippen molar-refractivity contribution in [1.82, 2.24) is 14.6 Å². The van der Waals surface area contributed by atoms with Gasteiger partial charge in [0.05, 0.1) is 23.5 Å². The zero-order chi connectivity index (χ0) is 21.9. The lowest BCUT2D eigenvalue weighted by Gasteiger charge is -2.19. The van der Waals surface area contributed by atoms with Crippen molar-refractivity contribution in [3.63, 3.8) is 0 Å². The van der Waals surface area contributed by atoms with Gasteiger partial charge in [0.15, 0.2) is 11.4 Å². The van der Waals surface area contributed by atoms with Crippen LogP contribution in [0.5, 0.6) is 0 Å². The zero-order valence-electron chi connectivity index (χ0n) is 17.0. The van der Waals surface area contributed by atoms with Crippen molar-refractivity contribution in [1.29, 1.82) is 0 Å². The highest BCUT2D eigenvalue weighted by Crippen LogP contribution is 2.23. The molecular formula is C24H20N4O4. The summed E-state index contributed by atoms with van der Waals surface area (Å²) in [6.45, 7) is 0.201. The molecule has 1 atom stereocenters. The minimum absolute atomic E-state index is 0.160. The second kappa shape index (κ2) is 8.43. The number of fused-ring (bicyclic) bond motifs is 1. The number of nitrogens with one attached hydrogen (secondary N) is 1. The summed E-state index contributed by atoms with van der Waals surface area (Å²) in [5.41, 5.74) is 3.66. The lowest BCUT2D eigenvalue weighted by Crippen LogP contribution is -2.26. The number of carboxylic acids is 1. The molecule has 0 saturated carbocycles. The summed E-state index contributed by atoms with van der Waals surface area (Å²) in [5.74, 6) is 0.401. The fraction of sp³-hybridized carbons (Fsp3) is 0.125.